The molecule has 1 aliphatic heterocycles. The zero-order chi connectivity index (χ0) is 16.2. The van der Waals surface area contributed by atoms with Crippen LogP contribution < -0.4 is 0 Å². The van der Waals surface area contributed by atoms with E-state index in [4.69, 9.17) is 0 Å². The summed E-state index contributed by atoms with van der Waals surface area (Å²) in [5.74, 6) is 0. The van der Waals surface area contributed by atoms with Crippen LogP contribution in [-0.2, 0) is 21.3 Å². The molecule has 120 valence electrons. The van der Waals surface area contributed by atoms with Crippen LogP contribution in [0.5, 0.6) is 0 Å². The van der Waals surface area contributed by atoms with Gasteiger partial charge in [0.2, 0.25) is 0 Å². The number of rotatable bonds is 0. The maximum absolute atomic E-state index is 2.44. The van der Waals surface area contributed by atoms with E-state index in [2.05, 4.69) is 72.8 Å². The van der Waals surface area contributed by atoms with Crippen LogP contribution >= 0.6 is 0 Å². The summed E-state index contributed by atoms with van der Waals surface area (Å²) in [5, 5.41) is 4.91. The maximum atomic E-state index is 2.44. The van der Waals surface area contributed by atoms with Gasteiger partial charge in [0.05, 0.1) is 0 Å². The van der Waals surface area contributed by atoms with Crippen molar-refractivity contribution in [3.05, 3.63) is 95.1 Å². The van der Waals surface area contributed by atoms with Crippen molar-refractivity contribution in [2.24, 2.45) is 0 Å². The van der Waals surface area contributed by atoms with Crippen LogP contribution in [0.4, 0.5) is 0 Å². The van der Waals surface area contributed by atoms with Crippen LogP contribution in [0.3, 0.4) is 0 Å². The van der Waals surface area contributed by atoms with E-state index < -0.39 is 0 Å². The van der Waals surface area contributed by atoms with Crippen LogP contribution in [0.15, 0.2) is 72.8 Å². The first-order valence-corrected chi connectivity index (χ1v) is 13.1. The SMILES string of the molecule is c1cc2cc(c1)C[Se]Cc1ccccc1-c1ccccc1C[Se]C2. The Morgan fingerprint density at radius 2 is 1.00 bits per heavy atom. The van der Waals surface area contributed by atoms with Gasteiger partial charge in [0, 0.05) is 0 Å². The van der Waals surface area contributed by atoms with Gasteiger partial charge in [-0.15, -0.1) is 0 Å². The van der Waals surface area contributed by atoms with Gasteiger partial charge in [0.25, 0.3) is 0 Å². The average molecular weight is 442 g/mol. The van der Waals surface area contributed by atoms with Gasteiger partial charge in [-0.2, -0.15) is 0 Å². The molecule has 0 amide bonds. The van der Waals surface area contributed by atoms with E-state index in [1.54, 1.807) is 0 Å². The van der Waals surface area contributed by atoms with E-state index in [9.17, 15) is 0 Å². The fraction of sp³-hybridized carbons (Fsp3) is 0.182. The van der Waals surface area contributed by atoms with Gasteiger partial charge in [-0.05, 0) is 0 Å². The summed E-state index contributed by atoms with van der Waals surface area (Å²) in [6.45, 7) is 0. The fourth-order valence-corrected chi connectivity index (χ4v) is 7.33. The molecule has 0 radical (unpaired) electrons. The van der Waals surface area contributed by atoms with Crippen molar-refractivity contribution in [1.29, 1.82) is 0 Å². The normalized spacial score (nSPS) is 14.5. The molecule has 2 bridgehead atoms. The standard InChI is InChI=1S/C22H20Se2/c1-3-10-21-19(8-1)15-23-13-17-6-5-7-18(12-17)14-24-16-20-9-2-4-11-22(20)21/h1-12H,13-16H2. The number of fused-ring (bicyclic) bond motifs is 5. The molecule has 0 aromatic heterocycles. The third kappa shape index (κ3) is 3.68. The quantitative estimate of drug-likeness (QED) is 0.451. The Labute approximate surface area is 157 Å². The minimum absolute atomic E-state index is 0.614. The van der Waals surface area contributed by atoms with Crippen molar-refractivity contribution in [2.75, 3.05) is 0 Å². The predicted molar refractivity (Wildman–Crippen MR) is 105 cm³/mol. The third-order valence-electron chi connectivity index (χ3n) is 4.37. The Kier molecular flexibility index (Phi) is 5.21. The van der Waals surface area contributed by atoms with Crippen molar-refractivity contribution >= 4 is 29.9 Å². The molecule has 0 saturated heterocycles. The summed E-state index contributed by atoms with van der Waals surface area (Å²) in [6.07, 6.45) is 0. The summed E-state index contributed by atoms with van der Waals surface area (Å²) >= 11 is 1.23. The third-order valence-corrected chi connectivity index (χ3v) is 8.79. The van der Waals surface area contributed by atoms with Gasteiger partial charge >= 0.3 is 157 Å². The van der Waals surface area contributed by atoms with Crippen molar-refractivity contribution in [2.45, 2.75) is 21.3 Å². The summed E-state index contributed by atoms with van der Waals surface area (Å²) in [6, 6.07) is 27.4. The molecule has 1 aliphatic rings. The molecule has 0 fully saturated rings. The summed E-state index contributed by atoms with van der Waals surface area (Å²) in [5.41, 5.74) is 9.00. The first-order chi connectivity index (χ1) is 11.9. The van der Waals surface area contributed by atoms with Crippen LogP contribution in [0.25, 0.3) is 11.1 Å². The number of hydrogen-bond acceptors (Lipinski definition) is 0. The zero-order valence-electron chi connectivity index (χ0n) is 13.6. The molecule has 2 heteroatoms. The molecule has 0 N–H and O–H groups in total. The molecular formula is C22H20Se2. The monoisotopic (exact) mass is 444 g/mol. The van der Waals surface area contributed by atoms with Gasteiger partial charge in [-0.1, -0.05) is 0 Å². The number of hydrogen-bond donors (Lipinski definition) is 0. The molecule has 0 nitrogen and oxygen atoms in total. The van der Waals surface area contributed by atoms with E-state index in [-0.39, 0.29) is 0 Å². The van der Waals surface area contributed by atoms with Crippen LogP contribution in [-0.4, -0.2) is 29.9 Å². The first-order valence-electron chi connectivity index (χ1n) is 8.29. The van der Waals surface area contributed by atoms with E-state index in [1.165, 1.54) is 54.7 Å². The summed E-state index contributed by atoms with van der Waals surface area (Å²) < 4.78 is 0. The van der Waals surface area contributed by atoms with Gasteiger partial charge in [-0.3, -0.25) is 0 Å². The molecular weight excluding hydrogens is 422 g/mol. The Bertz CT molecular complexity index is 772. The van der Waals surface area contributed by atoms with E-state index in [1.807, 2.05) is 0 Å². The van der Waals surface area contributed by atoms with Crippen molar-refractivity contribution in [3.8, 4) is 11.1 Å². The minimum atomic E-state index is 0.614. The van der Waals surface area contributed by atoms with Crippen molar-refractivity contribution < 1.29 is 0 Å². The first kappa shape index (κ1) is 16.2. The van der Waals surface area contributed by atoms with Crippen LogP contribution in [0.1, 0.15) is 22.3 Å². The summed E-state index contributed by atoms with van der Waals surface area (Å²) in [4.78, 5) is 0. The second-order valence-corrected chi connectivity index (χ2v) is 10.3. The Morgan fingerprint density at radius 1 is 0.500 bits per heavy atom. The van der Waals surface area contributed by atoms with Crippen molar-refractivity contribution in [3.63, 3.8) is 0 Å². The molecule has 0 spiro atoms. The van der Waals surface area contributed by atoms with E-state index in [0.717, 1.165) is 0 Å². The summed E-state index contributed by atoms with van der Waals surface area (Å²) in [7, 11) is 0. The average Bonchev–Trinajstić information content (AvgIpc) is 2.63. The van der Waals surface area contributed by atoms with Crippen molar-refractivity contribution in [1.82, 2.24) is 0 Å². The second kappa shape index (κ2) is 7.72. The van der Waals surface area contributed by atoms with E-state index in [0.29, 0.717) is 29.9 Å². The molecule has 0 atom stereocenters. The molecule has 3 aromatic rings. The molecule has 0 saturated carbocycles. The topological polar surface area (TPSA) is 0 Å². The van der Waals surface area contributed by atoms with E-state index >= 15 is 0 Å². The Hall–Kier alpha value is -1.30. The molecule has 0 unspecified atom stereocenters. The van der Waals surface area contributed by atoms with Gasteiger partial charge < -0.3 is 0 Å². The zero-order valence-corrected chi connectivity index (χ0v) is 17.0. The predicted octanol–water partition coefficient (Wildman–Crippen LogP) is 4.48. The van der Waals surface area contributed by atoms with Crippen LogP contribution in [0, 0.1) is 0 Å². The Morgan fingerprint density at radius 3 is 1.54 bits per heavy atom. The molecule has 24 heavy (non-hydrogen) atoms. The van der Waals surface area contributed by atoms with Gasteiger partial charge in [0.15, 0.2) is 0 Å². The van der Waals surface area contributed by atoms with Gasteiger partial charge in [-0.25, -0.2) is 0 Å². The van der Waals surface area contributed by atoms with Gasteiger partial charge in [0.1, 0.15) is 0 Å². The molecule has 0 aliphatic carbocycles. The Balaban J connectivity index is 1.75. The number of benzene rings is 3. The molecule has 1 heterocycles. The fourth-order valence-electron chi connectivity index (χ4n) is 3.18. The van der Waals surface area contributed by atoms with Crippen LogP contribution in [0.2, 0.25) is 0 Å². The molecule has 4 rings (SSSR count). The second-order valence-electron chi connectivity index (χ2n) is 6.12. The molecule has 3 aromatic carbocycles.